The molecule has 0 fully saturated rings. The number of carbonyl (C=O) groups excluding carboxylic acids is 2. The zero-order valence-corrected chi connectivity index (χ0v) is 12.7. The third kappa shape index (κ3) is 3.55. The number of nitrogens with one attached hydrogen (secondary N) is 2. The van der Waals surface area contributed by atoms with E-state index in [0.717, 1.165) is 16.5 Å². The number of amides is 2. The summed E-state index contributed by atoms with van der Waals surface area (Å²) in [4.78, 5) is 23.5. The van der Waals surface area contributed by atoms with E-state index in [4.69, 9.17) is 0 Å². The first kappa shape index (κ1) is 14.8. The van der Waals surface area contributed by atoms with Crippen molar-refractivity contribution in [3.05, 3.63) is 72.3 Å². The van der Waals surface area contributed by atoms with Gasteiger partial charge in [-0.3, -0.25) is 9.59 Å². The number of benzene rings is 3. The van der Waals surface area contributed by atoms with E-state index in [-0.39, 0.29) is 11.8 Å². The number of hydrogen-bond donors (Lipinski definition) is 2. The van der Waals surface area contributed by atoms with Gasteiger partial charge in [-0.05, 0) is 41.1 Å². The summed E-state index contributed by atoms with van der Waals surface area (Å²) in [6, 6.07) is 20.6. The largest absolute Gasteiger partial charge is 0.326 e. The Balaban J connectivity index is 1.81. The van der Waals surface area contributed by atoms with Gasteiger partial charge in [0.05, 0.1) is 0 Å². The summed E-state index contributed by atoms with van der Waals surface area (Å²) in [5.74, 6) is -0.385. The van der Waals surface area contributed by atoms with Crippen LogP contribution in [0.4, 0.5) is 11.4 Å². The minimum atomic E-state index is -0.215. The lowest BCUT2D eigenvalue weighted by atomic mass is 10.1. The zero-order valence-electron chi connectivity index (χ0n) is 12.7. The molecule has 3 aromatic rings. The second-order valence-electron chi connectivity index (χ2n) is 5.28. The van der Waals surface area contributed by atoms with Crippen LogP contribution in [0.2, 0.25) is 0 Å². The molecule has 4 nitrogen and oxygen atoms in total. The molecular formula is C19H16N2O2. The lowest BCUT2D eigenvalue weighted by molar-refractivity contribution is -0.114. The van der Waals surface area contributed by atoms with E-state index in [9.17, 15) is 9.59 Å². The summed E-state index contributed by atoms with van der Waals surface area (Å²) in [5, 5.41) is 7.74. The van der Waals surface area contributed by atoms with Gasteiger partial charge in [0.25, 0.3) is 5.91 Å². The molecule has 0 radical (unpaired) electrons. The Kier molecular flexibility index (Phi) is 4.06. The summed E-state index contributed by atoms with van der Waals surface area (Å²) < 4.78 is 0. The quantitative estimate of drug-likeness (QED) is 0.767. The fraction of sp³-hybridized carbons (Fsp3) is 0.0526. The Labute approximate surface area is 134 Å². The Morgan fingerprint density at radius 3 is 2.26 bits per heavy atom. The summed E-state index contributed by atoms with van der Waals surface area (Å²) in [6.45, 7) is 1.43. The van der Waals surface area contributed by atoms with Crippen LogP contribution in [0.5, 0.6) is 0 Å². The molecule has 114 valence electrons. The fourth-order valence-corrected chi connectivity index (χ4v) is 2.41. The molecule has 0 atom stereocenters. The number of anilines is 2. The Hall–Kier alpha value is -3.14. The molecule has 3 rings (SSSR count). The average Bonchev–Trinajstić information content (AvgIpc) is 2.54. The van der Waals surface area contributed by atoms with Gasteiger partial charge in [-0.15, -0.1) is 0 Å². The number of hydrogen-bond acceptors (Lipinski definition) is 2. The first-order chi connectivity index (χ1) is 11.1. The van der Waals surface area contributed by atoms with Crippen molar-refractivity contribution in [2.24, 2.45) is 0 Å². The van der Waals surface area contributed by atoms with Crippen LogP contribution < -0.4 is 10.6 Å². The van der Waals surface area contributed by atoms with Crippen molar-refractivity contribution < 1.29 is 9.59 Å². The van der Waals surface area contributed by atoms with Crippen molar-refractivity contribution >= 4 is 34.0 Å². The van der Waals surface area contributed by atoms with E-state index < -0.39 is 0 Å². The highest BCUT2D eigenvalue weighted by Gasteiger charge is 2.08. The van der Waals surface area contributed by atoms with Gasteiger partial charge < -0.3 is 10.6 Å². The topological polar surface area (TPSA) is 58.2 Å². The minimum Gasteiger partial charge on any atom is -0.326 e. The van der Waals surface area contributed by atoms with Crippen LogP contribution in [0.3, 0.4) is 0 Å². The lowest BCUT2D eigenvalue weighted by Crippen LogP contribution is -2.13. The summed E-state index contributed by atoms with van der Waals surface area (Å²) in [5.41, 5.74) is 1.83. The summed E-state index contributed by atoms with van der Waals surface area (Å²) in [6.07, 6.45) is 0. The molecule has 2 amide bonds. The number of rotatable bonds is 3. The van der Waals surface area contributed by atoms with Crippen molar-refractivity contribution in [2.75, 3.05) is 10.6 Å². The second-order valence-corrected chi connectivity index (χ2v) is 5.28. The molecule has 0 heterocycles. The van der Waals surface area contributed by atoms with Gasteiger partial charge in [0.1, 0.15) is 0 Å². The van der Waals surface area contributed by atoms with Crippen LogP contribution in [0, 0.1) is 0 Å². The van der Waals surface area contributed by atoms with Crippen LogP contribution in [0.25, 0.3) is 10.8 Å². The molecule has 0 aliphatic carbocycles. The van der Waals surface area contributed by atoms with Gasteiger partial charge in [0, 0.05) is 23.9 Å². The van der Waals surface area contributed by atoms with Crippen molar-refractivity contribution in [3.8, 4) is 0 Å². The molecule has 0 aliphatic rings. The van der Waals surface area contributed by atoms with Gasteiger partial charge in [0.2, 0.25) is 5.91 Å². The SMILES string of the molecule is CC(=O)Nc1cccc(C(=O)Nc2ccc3ccccc3c2)c1. The predicted molar refractivity (Wildman–Crippen MR) is 92.6 cm³/mol. The summed E-state index contributed by atoms with van der Waals surface area (Å²) in [7, 11) is 0. The van der Waals surface area contributed by atoms with E-state index in [1.807, 2.05) is 42.5 Å². The molecule has 0 bridgehead atoms. The van der Waals surface area contributed by atoms with Gasteiger partial charge >= 0.3 is 0 Å². The molecule has 4 heteroatoms. The highest BCUT2D eigenvalue weighted by Crippen LogP contribution is 2.20. The fourth-order valence-electron chi connectivity index (χ4n) is 2.41. The molecule has 23 heavy (non-hydrogen) atoms. The number of carbonyl (C=O) groups is 2. The van der Waals surface area contributed by atoms with Crippen molar-refractivity contribution in [1.82, 2.24) is 0 Å². The maximum Gasteiger partial charge on any atom is 0.255 e. The molecule has 3 aromatic carbocycles. The van der Waals surface area contributed by atoms with Crippen LogP contribution in [0.1, 0.15) is 17.3 Å². The molecule has 2 N–H and O–H groups in total. The van der Waals surface area contributed by atoms with Crippen LogP contribution in [-0.4, -0.2) is 11.8 Å². The minimum absolute atomic E-state index is 0.169. The Morgan fingerprint density at radius 2 is 1.48 bits per heavy atom. The van der Waals surface area contributed by atoms with Gasteiger partial charge in [-0.1, -0.05) is 36.4 Å². The smallest absolute Gasteiger partial charge is 0.255 e. The molecule has 0 saturated heterocycles. The molecule has 0 unspecified atom stereocenters. The monoisotopic (exact) mass is 304 g/mol. The van der Waals surface area contributed by atoms with Crippen LogP contribution in [0.15, 0.2) is 66.7 Å². The van der Waals surface area contributed by atoms with Crippen LogP contribution >= 0.6 is 0 Å². The third-order valence-electron chi connectivity index (χ3n) is 3.45. The van der Waals surface area contributed by atoms with Crippen LogP contribution in [-0.2, 0) is 4.79 Å². The standard InChI is InChI=1S/C19H16N2O2/c1-13(22)20-17-8-4-7-16(12-17)19(23)21-18-10-9-14-5-2-3-6-15(14)11-18/h2-12H,1H3,(H,20,22)(H,21,23). The van der Waals surface area contributed by atoms with Gasteiger partial charge in [-0.25, -0.2) is 0 Å². The van der Waals surface area contributed by atoms with E-state index in [1.165, 1.54) is 6.92 Å². The van der Waals surface area contributed by atoms with Crippen molar-refractivity contribution in [3.63, 3.8) is 0 Å². The maximum absolute atomic E-state index is 12.4. The average molecular weight is 304 g/mol. The maximum atomic E-state index is 12.4. The zero-order chi connectivity index (χ0) is 16.2. The molecule has 0 aromatic heterocycles. The first-order valence-electron chi connectivity index (χ1n) is 7.29. The third-order valence-corrected chi connectivity index (χ3v) is 3.45. The van der Waals surface area contributed by atoms with E-state index >= 15 is 0 Å². The van der Waals surface area contributed by atoms with E-state index in [2.05, 4.69) is 10.6 Å². The predicted octanol–water partition coefficient (Wildman–Crippen LogP) is 4.05. The molecular weight excluding hydrogens is 288 g/mol. The molecule has 0 aliphatic heterocycles. The first-order valence-corrected chi connectivity index (χ1v) is 7.29. The van der Waals surface area contributed by atoms with Crippen molar-refractivity contribution in [1.29, 1.82) is 0 Å². The highest BCUT2D eigenvalue weighted by atomic mass is 16.2. The lowest BCUT2D eigenvalue weighted by Gasteiger charge is -2.08. The summed E-state index contributed by atoms with van der Waals surface area (Å²) >= 11 is 0. The Morgan fingerprint density at radius 1 is 0.739 bits per heavy atom. The normalized spacial score (nSPS) is 10.3. The molecule has 0 spiro atoms. The highest BCUT2D eigenvalue weighted by molar-refractivity contribution is 6.06. The second kappa shape index (κ2) is 6.32. The number of fused-ring (bicyclic) bond motifs is 1. The van der Waals surface area contributed by atoms with Crippen molar-refractivity contribution in [2.45, 2.75) is 6.92 Å². The Bertz CT molecular complexity index is 887. The van der Waals surface area contributed by atoms with E-state index in [1.54, 1.807) is 24.3 Å². The van der Waals surface area contributed by atoms with Gasteiger partial charge in [-0.2, -0.15) is 0 Å². The van der Waals surface area contributed by atoms with E-state index in [0.29, 0.717) is 11.3 Å². The molecule has 0 saturated carbocycles. The van der Waals surface area contributed by atoms with Gasteiger partial charge in [0.15, 0.2) is 0 Å².